The highest BCUT2D eigenvalue weighted by Crippen LogP contribution is 2.16. The first kappa shape index (κ1) is 10.0. The normalized spacial score (nSPS) is 16.1. The second-order valence-corrected chi connectivity index (χ2v) is 3.60. The molecule has 0 aromatic heterocycles. The molecule has 0 aliphatic carbocycles. The van der Waals surface area contributed by atoms with E-state index in [2.05, 4.69) is 23.1 Å². The van der Waals surface area contributed by atoms with Gasteiger partial charge in [-0.3, -0.25) is 0 Å². The van der Waals surface area contributed by atoms with Crippen LogP contribution in [0.1, 0.15) is 5.56 Å². The molecule has 0 saturated carbocycles. The molecule has 0 amide bonds. The van der Waals surface area contributed by atoms with Crippen LogP contribution >= 0.6 is 0 Å². The fourth-order valence-corrected chi connectivity index (χ4v) is 1.74. The van der Waals surface area contributed by atoms with Crippen LogP contribution in [0.25, 0.3) is 0 Å². The monoisotopic (exact) mass is 202 g/mol. The highest BCUT2D eigenvalue weighted by molar-refractivity contribution is 5.48. The van der Waals surface area contributed by atoms with E-state index in [4.69, 9.17) is 10.00 Å². The van der Waals surface area contributed by atoms with Gasteiger partial charge in [0.25, 0.3) is 0 Å². The minimum atomic E-state index is 0.489. The predicted molar refractivity (Wildman–Crippen MR) is 58.8 cm³/mol. The third kappa shape index (κ3) is 2.48. The minimum Gasteiger partial charge on any atom is -0.378 e. The summed E-state index contributed by atoms with van der Waals surface area (Å²) in [4.78, 5) is 2.31. The topological polar surface area (TPSA) is 36.3 Å². The molecule has 2 rings (SSSR count). The summed E-state index contributed by atoms with van der Waals surface area (Å²) in [5.74, 6) is 0. The SMILES string of the molecule is N#CCc1ccc(N2CCOCC2)cc1. The minimum absolute atomic E-state index is 0.489. The van der Waals surface area contributed by atoms with Gasteiger partial charge in [-0.15, -0.1) is 0 Å². The molecule has 1 aliphatic heterocycles. The molecule has 1 fully saturated rings. The van der Waals surface area contributed by atoms with E-state index in [0.717, 1.165) is 31.9 Å². The summed E-state index contributed by atoms with van der Waals surface area (Å²) in [6.45, 7) is 3.52. The summed E-state index contributed by atoms with van der Waals surface area (Å²) in [6.07, 6.45) is 0.489. The van der Waals surface area contributed by atoms with E-state index in [-0.39, 0.29) is 0 Å². The van der Waals surface area contributed by atoms with Gasteiger partial charge in [0.15, 0.2) is 0 Å². The lowest BCUT2D eigenvalue weighted by atomic mass is 10.1. The van der Waals surface area contributed by atoms with Gasteiger partial charge in [-0.05, 0) is 17.7 Å². The van der Waals surface area contributed by atoms with Crippen LogP contribution in [0.3, 0.4) is 0 Å². The Morgan fingerprint density at radius 2 is 1.87 bits per heavy atom. The zero-order valence-electron chi connectivity index (χ0n) is 8.65. The van der Waals surface area contributed by atoms with Crippen molar-refractivity contribution in [3.8, 4) is 6.07 Å². The van der Waals surface area contributed by atoms with Crippen LogP contribution in [0, 0.1) is 11.3 Å². The van der Waals surface area contributed by atoms with Gasteiger partial charge in [-0.2, -0.15) is 5.26 Å². The van der Waals surface area contributed by atoms with Crippen molar-refractivity contribution in [2.45, 2.75) is 6.42 Å². The van der Waals surface area contributed by atoms with Crippen LogP contribution in [0.4, 0.5) is 5.69 Å². The maximum Gasteiger partial charge on any atom is 0.0669 e. The maximum absolute atomic E-state index is 8.56. The fourth-order valence-electron chi connectivity index (χ4n) is 1.74. The van der Waals surface area contributed by atoms with Crippen molar-refractivity contribution in [2.24, 2.45) is 0 Å². The number of hydrogen-bond donors (Lipinski definition) is 0. The molecule has 1 aromatic rings. The molecule has 0 spiro atoms. The molecule has 0 radical (unpaired) electrons. The second-order valence-electron chi connectivity index (χ2n) is 3.60. The van der Waals surface area contributed by atoms with E-state index in [1.54, 1.807) is 0 Å². The number of morpholine rings is 1. The van der Waals surface area contributed by atoms with Gasteiger partial charge in [0.1, 0.15) is 0 Å². The lowest BCUT2D eigenvalue weighted by Crippen LogP contribution is -2.36. The Balaban J connectivity index is 2.05. The summed E-state index contributed by atoms with van der Waals surface area (Å²) in [5, 5.41) is 8.56. The van der Waals surface area contributed by atoms with Gasteiger partial charge in [-0.25, -0.2) is 0 Å². The molecule has 1 heterocycles. The largest absolute Gasteiger partial charge is 0.378 e. The first-order chi connectivity index (χ1) is 7.40. The third-order valence-corrected chi connectivity index (χ3v) is 2.60. The number of rotatable bonds is 2. The first-order valence-corrected chi connectivity index (χ1v) is 5.19. The van der Waals surface area contributed by atoms with Gasteiger partial charge in [0, 0.05) is 18.8 Å². The van der Waals surface area contributed by atoms with Crippen LogP contribution in [0.2, 0.25) is 0 Å². The van der Waals surface area contributed by atoms with Gasteiger partial charge < -0.3 is 9.64 Å². The van der Waals surface area contributed by atoms with Crippen LogP contribution in [-0.2, 0) is 11.2 Å². The number of nitrogens with zero attached hydrogens (tertiary/aromatic N) is 2. The summed E-state index contributed by atoms with van der Waals surface area (Å²) >= 11 is 0. The molecule has 3 nitrogen and oxygen atoms in total. The molecule has 1 aliphatic rings. The van der Waals surface area contributed by atoms with Crippen LogP contribution < -0.4 is 4.90 Å². The quantitative estimate of drug-likeness (QED) is 0.730. The van der Waals surface area contributed by atoms with Crippen molar-refractivity contribution >= 4 is 5.69 Å². The highest BCUT2D eigenvalue weighted by Gasteiger charge is 2.10. The van der Waals surface area contributed by atoms with E-state index in [1.807, 2.05) is 12.1 Å². The average molecular weight is 202 g/mol. The standard InChI is InChI=1S/C12H14N2O/c13-6-5-11-1-3-12(4-2-11)14-7-9-15-10-8-14/h1-4H,5,7-10H2. The molecule has 0 N–H and O–H groups in total. The fraction of sp³-hybridized carbons (Fsp3) is 0.417. The molecule has 1 aromatic carbocycles. The molecule has 0 unspecified atom stereocenters. The Hall–Kier alpha value is -1.53. The average Bonchev–Trinajstić information content (AvgIpc) is 2.32. The van der Waals surface area contributed by atoms with E-state index in [9.17, 15) is 0 Å². The van der Waals surface area contributed by atoms with Crippen molar-refractivity contribution in [1.29, 1.82) is 5.26 Å². The number of ether oxygens (including phenoxy) is 1. The lowest BCUT2D eigenvalue weighted by molar-refractivity contribution is 0.122. The molecule has 0 bridgehead atoms. The molecular weight excluding hydrogens is 188 g/mol. The van der Waals surface area contributed by atoms with Crippen molar-refractivity contribution in [1.82, 2.24) is 0 Å². The predicted octanol–water partition coefficient (Wildman–Crippen LogP) is 1.59. The maximum atomic E-state index is 8.56. The first-order valence-electron chi connectivity index (χ1n) is 5.19. The third-order valence-electron chi connectivity index (χ3n) is 2.60. The molecule has 1 saturated heterocycles. The van der Waals surface area contributed by atoms with Crippen molar-refractivity contribution in [3.05, 3.63) is 29.8 Å². The van der Waals surface area contributed by atoms with Gasteiger partial charge in [0.05, 0.1) is 25.7 Å². The Morgan fingerprint density at radius 1 is 1.20 bits per heavy atom. The molecule has 15 heavy (non-hydrogen) atoms. The van der Waals surface area contributed by atoms with Crippen LogP contribution in [-0.4, -0.2) is 26.3 Å². The summed E-state index contributed by atoms with van der Waals surface area (Å²) in [5.41, 5.74) is 2.30. The smallest absolute Gasteiger partial charge is 0.0669 e. The number of hydrogen-bond acceptors (Lipinski definition) is 3. The van der Waals surface area contributed by atoms with E-state index in [1.165, 1.54) is 5.69 Å². The zero-order chi connectivity index (χ0) is 10.5. The van der Waals surface area contributed by atoms with E-state index >= 15 is 0 Å². The van der Waals surface area contributed by atoms with Crippen molar-refractivity contribution in [3.63, 3.8) is 0 Å². The molecule has 78 valence electrons. The number of anilines is 1. The summed E-state index contributed by atoms with van der Waals surface area (Å²) in [7, 11) is 0. The van der Waals surface area contributed by atoms with Crippen molar-refractivity contribution < 1.29 is 4.74 Å². The Morgan fingerprint density at radius 3 is 2.47 bits per heavy atom. The second kappa shape index (κ2) is 4.81. The van der Waals surface area contributed by atoms with Gasteiger partial charge >= 0.3 is 0 Å². The zero-order valence-corrected chi connectivity index (χ0v) is 8.65. The number of nitriles is 1. The van der Waals surface area contributed by atoms with Crippen molar-refractivity contribution in [2.75, 3.05) is 31.2 Å². The van der Waals surface area contributed by atoms with Crippen LogP contribution in [0.5, 0.6) is 0 Å². The van der Waals surface area contributed by atoms with E-state index < -0.39 is 0 Å². The van der Waals surface area contributed by atoms with Gasteiger partial charge in [-0.1, -0.05) is 12.1 Å². The van der Waals surface area contributed by atoms with E-state index in [0.29, 0.717) is 6.42 Å². The van der Waals surface area contributed by atoms with Crippen LogP contribution in [0.15, 0.2) is 24.3 Å². The highest BCUT2D eigenvalue weighted by atomic mass is 16.5. The van der Waals surface area contributed by atoms with Gasteiger partial charge in [0.2, 0.25) is 0 Å². The Kier molecular flexibility index (Phi) is 3.21. The summed E-state index contributed by atoms with van der Waals surface area (Å²) in [6, 6.07) is 10.4. The molecule has 3 heteroatoms. The number of benzene rings is 1. The Labute approximate surface area is 89.9 Å². The lowest BCUT2D eigenvalue weighted by Gasteiger charge is -2.28. The molecule has 0 atom stereocenters. The molecular formula is C12H14N2O. The summed E-state index contributed by atoms with van der Waals surface area (Å²) < 4.78 is 5.30. The Bertz CT molecular complexity index is 347.